The van der Waals surface area contributed by atoms with E-state index in [1.54, 1.807) is 24.3 Å². The van der Waals surface area contributed by atoms with Gasteiger partial charge in [-0.2, -0.15) is 0 Å². The van der Waals surface area contributed by atoms with Gasteiger partial charge < -0.3 is 10.0 Å². The van der Waals surface area contributed by atoms with Crippen molar-refractivity contribution < 1.29 is 19.1 Å². The van der Waals surface area contributed by atoms with Gasteiger partial charge in [-0.15, -0.1) is 0 Å². The van der Waals surface area contributed by atoms with Crippen molar-refractivity contribution in [2.45, 2.75) is 12.8 Å². The number of amides is 1. The Morgan fingerprint density at radius 2 is 1.72 bits per heavy atom. The second kappa shape index (κ2) is 9.59. The fourth-order valence-corrected chi connectivity index (χ4v) is 3.07. The Balaban J connectivity index is 1.75. The molecule has 0 aliphatic rings. The molecule has 1 N–H and O–H groups in total. The molecule has 0 atom stereocenters. The monoisotopic (exact) mass is 392 g/mol. The van der Waals surface area contributed by atoms with Gasteiger partial charge in [-0.25, -0.2) is 4.39 Å². The fourth-order valence-electron chi connectivity index (χ4n) is 3.07. The second-order valence-corrected chi connectivity index (χ2v) is 6.70. The van der Waals surface area contributed by atoms with Crippen LogP contribution in [0.4, 0.5) is 4.39 Å². The highest BCUT2D eigenvalue weighted by atomic mass is 19.1. The predicted octanol–water partition coefficient (Wildman–Crippen LogP) is 3.58. The Kier molecular flexibility index (Phi) is 6.68. The topological polar surface area (TPSA) is 70.5 Å². The number of benzene rings is 2. The third-order valence-electron chi connectivity index (χ3n) is 4.46. The number of hydrogen-bond acceptors (Lipinski definition) is 3. The van der Waals surface area contributed by atoms with Crippen molar-refractivity contribution in [3.8, 4) is 0 Å². The van der Waals surface area contributed by atoms with Gasteiger partial charge in [0.1, 0.15) is 12.4 Å². The number of carboxylic acid groups (broad SMARTS) is 1. The van der Waals surface area contributed by atoms with Gasteiger partial charge in [0, 0.05) is 30.4 Å². The largest absolute Gasteiger partial charge is 0.480 e. The minimum Gasteiger partial charge on any atom is -0.480 e. The van der Waals surface area contributed by atoms with Gasteiger partial charge in [-0.3, -0.25) is 14.6 Å². The van der Waals surface area contributed by atoms with Crippen molar-refractivity contribution in [1.29, 1.82) is 0 Å². The van der Waals surface area contributed by atoms with Crippen LogP contribution in [0.15, 0.2) is 72.9 Å². The number of carbonyl (C=O) groups excluding carboxylic acids is 1. The minimum absolute atomic E-state index is 0.288. The SMILES string of the molecule is O=C(O)CN(CCc1ccccc1)C(=O)c1ccnc(Cc2cccc(F)c2)c1. The first kappa shape index (κ1) is 20.2. The van der Waals surface area contributed by atoms with Gasteiger partial charge in [0.15, 0.2) is 0 Å². The summed E-state index contributed by atoms with van der Waals surface area (Å²) in [6, 6.07) is 19.0. The molecule has 0 unspecified atom stereocenters. The van der Waals surface area contributed by atoms with Crippen molar-refractivity contribution in [2.24, 2.45) is 0 Å². The summed E-state index contributed by atoms with van der Waals surface area (Å²) in [5.41, 5.74) is 2.74. The molecule has 0 spiro atoms. The maximum atomic E-state index is 13.4. The smallest absolute Gasteiger partial charge is 0.323 e. The summed E-state index contributed by atoms with van der Waals surface area (Å²) >= 11 is 0. The molecule has 3 rings (SSSR count). The molecular weight excluding hydrogens is 371 g/mol. The van der Waals surface area contributed by atoms with E-state index in [9.17, 15) is 19.1 Å². The van der Waals surface area contributed by atoms with Crippen LogP contribution in [0.3, 0.4) is 0 Å². The highest BCUT2D eigenvalue weighted by Crippen LogP contribution is 2.13. The first-order valence-corrected chi connectivity index (χ1v) is 9.25. The van der Waals surface area contributed by atoms with Crippen LogP contribution in [-0.4, -0.2) is 40.0 Å². The lowest BCUT2D eigenvalue weighted by Crippen LogP contribution is -2.37. The molecule has 0 aliphatic heterocycles. The van der Waals surface area contributed by atoms with Crippen molar-refractivity contribution in [2.75, 3.05) is 13.1 Å². The van der Waals surface area contributed by atoms with Crippen molar-refractivity contribution in [3.05, 3.63) is 101 Å². The summed E-state index contributed by atoms with van der Waals surface area (Å²) in [5, 5.41) is 9.21. The summed E-state index contributed by atoms with van der Waals surface area (Å²) in [7, 11) is 0. The van der Waals surface area contributed by atoms with Gasteiger partial charge in [-0.05, 0) is 41.8 Å². The van der Waals surface area contributed by atoms with Crippen molar-refractivity contribution >= 4 is 11.9 Å². The summed E-state index contributed by atoms with van der Waals surface area (Å²) in [5.74, 6) is -1.77. The molecule has 1 heterocycles. The molecular formula is C23H21FN2O3. The Morgan fingerprint density at radius 1 is 0.966 bits per heavy atom. The molecule has 0 aliphatic carbocycles. The molecule has 2 aromatic carbocycles. The Hall–Kier alpha value is -3.54. The first-order chi connectivity index (χ1) is 14.0. The number of carbonyl (C=O) groups is 2. The number of hydrogen-bond donors (Lipinski definition) is 1. The maximum Gasteiger partial charge on any atom is 0.323 e. The predicted molar refractivity (Wildman–Crippen MR) is 107 cm³/mol. The van der Waals surface area contributed by atoms with Gasteiger partial charge in [0.2, 0.25) is 0 Å². The molecule has 0 fully saturated rings. The maximum absolute atomic E-state index is 13.4. The van der Waals surface area contributed by atoms with Gasteiger partial charge in [0.05, 0.1) is 0 Å². The van der Waals surface area contributed by atoms with E-state index < -0.39 is 5.97 Å². The van der Waals surface area contributed by atoms with E-state index in [1.807, 2.05) is 30.3 Å². The summed E-state index contributed by atoms with van der Waals surface area (Å²) in [4.78, 5) is 29.8. The third kappa shape index (κ3) is 5.97. The molecule has 0 bridgehead atoms. The number of aromatic nitrogens is 1. The fraction of sp³-hybridized carbons (Fsp3) is 0.174. The number of pyridine rings is 1. The average Bonchev–Trinajstić information content (AvgIpc) is 2.71. The zero-order valence-corrected chi connectivity index (χ0v) is 15.8. The van der Waals surface area contributed by atoms with Crippen LogP contribution in [0.5, 0.6) is 0 Å². The number of aliphatic carboxylic acids is 1. The molecule has 0 radical (unpaired) electrons. The molecule has 1 amide bonds. The van der Waals surface area contributed by atoms with E-state index in [-0.39, 0.29) is 24.8 Å². The first-order valence-electron chi connectivity index (χ1n) is 9.25. The Labute approximate surface area is 168 Å². The van der Waals surface area contributed by atoms with Gasteiger partial charge in [0.25, 0.3) is 5.91 Å². The van der Waals surface area contributed by atoms with E-state index >= 15 is 0 Å². The summed E-state index contributed by atoms with van der Waals surface area (Å²) < 4.78 is 13.4. The molecule has 0 saturated heterocycles. The van der Waals surface area contributed by atoms with E-state index in [1.165, 1.54) is 23.2 Å². The van der Waals surface area contributed by atoms with Crippen LogP contribution >= 0.6 is 0 Å². The van der Waals surface area contributed by atoms with Crippen molar-refractivity contribution in [3.63, 3.8) is 0 Å². The standard InChI is InChI=1S/C23H21FN2O3/c24-20-8-4-7-18(13-20)14-21-15-19(9-11-25-21)23(29)26(16-22(27)28)12-10-17-5-2-1-3-6-17/h1-9,11,13,15H,10,12,14,16H2,(H,27,28). The zero-order chi connectivity index (χ0) is 20.6. The third-order valence-corrected chi connectivity index (χ3v) is 4.46. The minimum atomic E-state index is -1.07. The van der Waals surface area contributed by atoms with Gasteiger partial charge in [-0.1, -0.05) is 42.5 Å². The molecule has 6 heteroatoms. The Morgan fingerprint density at radius 3 is 2.45 bits per heavy atom. The lowest BCUT2D eigenvalue weighted by atomic mass is 10.1. The zero-order valence-electron chi connectivity index (χ0n) is 15.8. The highest BCUT2D eigenvalue weighted by Gasteiger charge is 2.19. The van der Waals surface area contributed by atoms with Gasteiger partial charge >= 0.3 is 5.97 Å². The second-order valence-electron chi connectivity index (χ2n) is 6.70. The summed E-state index contributed by atoms with van der Waals surface area (Å²) in [6.07, 6.45) is 2.45. The van der Waals surface area contributed by atoms with Crippen molar-refractivity contribution in [1.82, 2.24) is 9.88 Å². The number of carboxylic acids is 1. The molecule has 3 aromatic rings. The molecule has 0 saturated carbocycles. The van der Waals surface area contributed by atoms with E-state index in [4.69, 9.17) is 0 Å². The Bertz CT molecular complexity index is 992. The molecule has 5 nitrogen and oxygen atoms in total. The van der Waals surface area contributed by atoms with Crippen LogP contribution in [0, 0.1) is 5.82 Å². The lowest BCUT2D eigenvalue weighted by molar-refractivity contribution is -0.137. The normalized spacial score (nSPS) is 10.5. The number of rotatable bonds is 8. The quantitative estimate of drug-likeness (QED) is 0.636. The highest BCUT2D eigenvalue weighted by molar-refractivity contribution is 5.95. The molecule has 148 valence electrons. The van der Waals surface area contributed by atoms with Crippen LogP contribution in [-0.2, 0) is 17.6 Å². The average molecular weight is 392 g/mol. The van der Waals surface area contributed by atoms with Crippen LogP contribution in [0.2, 0.25) is 0 Å². The van der Waals surface area contributed by atoms with Crippen LogP contribution in [0.1, 0.15) is 27.2 Å². The van der Waals surface area contributed by atoms with E-state index in [0.717, 1.165) is 11.1 Å². The van der Waals surface area contributed by atoms with E-state index in [2.05, 4.69) is 4.98 Å². The van der Waals surface area contributed by atoms with Crippen LogP contribution < -0.4 is 0 Å². The molecule has 1 aromatic heterocycles. The number of halogens is 1. The number of nitrogens with zero attached hydrogens (tertiary/aromatic N) is 2. The summed E-state index contributed by atoms with van der Waals surface area (Å²) in [6.45, 7) is -0.0933. The van der Waals surface area contributed by atoms with Crippen LogP contribution in [0.25, 0.3) is 0 Å². The molecule has 29 heavy (non-hydrogen) atoms. The lowest BCUT2D eigenvalue weighted by Gasteiger charge is -2.21. The van der Waals surface area contributed by atoms with E-state index in [0.29, 0.717) is 24.1 Å².